The maximum absolute atomic E-state index is 13.1. The van der Waals surface area contributed by atoms with Crippen molar-refractivity contribution in [2.24, 2.45) is 5.92 Å². The summed E-state index contributed by atoms with van der Waals surface area (Å²) < 4.78 is 27.8. The summed E-state index contributed by atoms with van der Waals surface area (Å²) in [7, 11) is -3.59. The first-order valence-corrected chi connectivity index (χ1v) is 10.3. The zero-order chi connectivity index (χ0) is 17.5. The second-order valence-corrected chi connectivity index (χ2v) is 9.14. The molecule has 1 unspecified atom stereocenters. The number of sulfonamides is 1. The molecule has 1 aromatic heterocycles. The second kappa shape index (κ2) is 6.52. The molecule has 1 saturated carbocycles. The zero-order valence-electron chi connectivity index (χ0n) is 14.7. The van der Waals surface area contributed by atoms with Gasteiger partial charge in [-0.05, 0) is 44.6 Å². The highest BCUT2D eigenvalue weighted by Crippen LogP contribution is 2.35. The van der Waals surface area contributed by atoms with Crippen LogP contribution in [0.1, 0.15) is 56.9 Å². The van der Waals surface area contributed by atoms with Gasteiger partial charge in [-0.1, -0.05) is 13.8 Å². The Labute approximate surface area is 144 Å². The van der Waals surface area contributed by atoms with Crippen molar-refractivity contribution < 1.29 is 13.2 Å². The summed E-state index contributed by atoms with van der Waals surface area (Å²) in [6.07, 6.45) is 5.32. The first-order chi connectivity index (χ1) is 11.3. The third-order valence-electron chi connectivity index (χ3n) is 5.13. The molecule has 1 aliphatic heterocycles. The molecule has 1 N–H and O–H groups in total. The lowest BCUT2D eigenvalue weighted by atomic mass is 10.1. The van der Waals surface area contributed by atoms with Gasteiger partial charge in [0.05, 0.1) is 0 Å². The molecular weight excluding hydrogens is 326 g/mol. The molecule has 24 heavy (non-hydrogen) atoms. The third-order valence-corrected chi connectivity index (χ3v) is 7.15. The van der Waals surface area contributed by atoms with Gasteiger partial charge < -0.3 is 9.88 Å². The monoisotopic (exact) mass is 353 g/mol. The molecule has 1 amide bonds. The summed E-state index contributed by atoms with van der Waals surface area (Å²) in [5.74, 6) is 0.133. The third kappa shape index (κ3) is 3.24. The van der Waals surface area contributed by atoms with Gasteiger partial charge in [0, 0.05) is 31.4 Å². The van der Waals surface area contributed by atoms with Crippen LogP contribution in [0, 0.1) is 5.92 Å². The predicted octanol–water partition coefficient (Wildman–Crippen LogP) is 2.45. The molecule has 0 aromatic carbocycles. The summed E-state index contributed by atoms with van der Waals surface area (Å²) in [5, 5.41) is 0. The number of hydrogen-bond donors (Lipinski definition) is 1. The van der Waals surface area contributed by atoms with Gasteiger partial charge in [-0.3, -0.25) is 4.79 Å². The summed E-state index contributed by atoms with van der Waals surface area (Å²) >= 11 is 0. The zero-order valence-corrected chi connectivity index (χ0v) is 15.5. The Morgan fingerprint density at radius 1 is 1.25 bits per heavy atom. The van der Waals surface area contributed by atoms with Crippen LogP contribution in [-0.4, -0.2) is 53.7 Å². The molecule has 1 aromatic rings. The smallest absolute Gasteiger partial charge is 0.270 e. The van der Waals surface area contributed by atoms with Crippen LogP contribution >= 0.6 is 0 Å². The maximum atomic E-state index is 13.1. The van der Waals surface area contributed by atoms with Gasteiger partial charge in [0.25, 0.3) is 5.91 Å². The van der Waals surface area contributed by atoms with Crippen LogP contribution in [0.3, 0.4) is 0 Å². The highest BCUT2D eigenvalue weighted by atomic mass is 32.2. The van der Waals surface area contributed by atoms with Crippen molar-refractivity contribution in [1.29, 1.82) is 0 Å². The number of amides is 1. The number of rotatable bonds is 6. The number of likely N-dealkylation sites (tertiary alicyclic amines) is 1. The van der Waals surface area contributed by atoms with Crippen LogP contribution in [0.2, 0.25) is 0 Å². The van der Waals surface area contributed by atoms with E-state index >= 15 is 0 Å². The lowest BCUT2D eigenvalue weighted by Gasteiger charge is -2.30. The molecule has 0 spiro atoms. The fraction of sp³-hybridized carbons (Fsp3) is 0.706. The van der Waals surface area contributed by atoms with Crippen LogP contribution in [0.25, 0.3) is 0 Å². The van der Waals surface area contributed by atoms with E-state index in [2.05, 4.69) is 4.98 Å². The van der Waals surface area contributed by atoms with Crippen molar-refractivity contribution in [2.45, 2.75) is 63.4 Å². The fourth-order valence-electron chi connectivity index (χ4n) is 3.23. The molecule has 134 valence electrons. The number of hydrogen-bond acceptors (Lipinski definition) is 3. The average molecular weight is 353 g/mol. The van der Waals surface area contributed by atoms with E-state index in [0.29, 0.717) is 5.69 Å². The Morgan fingerprint density at radius 2 is 1.88 bits per heavy atom. The van der Waals surface area contributed by atoms with E-state index in [9.17, 15) is 13.2 Å². The van der Waals surface area contributed by atoms with E-state index in [4.69, 9.17) is 0 Å². The number of carbonyl (C=O) groups is 1. The molecule has 1 saturated heterocycles. The van der Waals surface area contributed by atoms with Crippen LogP contribution < -0.4 is 0 Å². The molecule has 7 heteroatoms. The topological polar surface area (TPSA) is 73.5 Å². The lowest BCUT2D eigenvalue weighted by Crippen LogP contribution is -2.42. The average Bonchev–Trinajstić information content (AvgIpc) is 3.06. The molecule has 0 bridgehead atoms. The maximum Gasteiger partial charge on any atom is 0.270 e. The summed E-state index contributed by atoms with van der Waals surface area (Å²) in [6, 6.07) is 1.54. The number of aromatic amines is 1. The summed E-state index contributed by atoms with van der Waals surface area (Å²) in [5.41, 5.74) is 0.364. The Hall–Kier alpha value is -1.34. The Kier molecular flexibility index (Phi) is 4.75. The SMILES string of the molecule is CC(C)C(C)N(C1CC1)S(=O)(=O)c1c[nH]c(C(=O)N2CCCC2)c1. The highest BCUT2D eigenvalue weighted by Gasteiger charge is 2.42. The minimum absolute atomic E-state index is 0.0601. The minimum Gasteiger partial charge on any atom is -0.356 e. The number of nitrogens with one attached hydrogen (secondary N) is 1. The molecule has 6 nitrogen and oxygen atoms in total. The lowest BCUT2D eigenvalue weighted by molar-refractivity contribution is 0.0787. The first kappa shape index (κ1) is 17.5. The molecule has 3 rings (SSSR count). The quantitative estimate of drug-likeness (QED) is 0.854. The normalized spacial score (nSPS) is 20.1. The van der Waals surface area contributed by atoms with E-state index in [0.717, 1.165) is 38.8 Å². The molecule has 2 aliphatic rings. The molecule has 0 radical (unpaired) electrons. The van der Waals surface area contributed by atoms with Crippen molar-refractivity contribution in [2.75, 3.05) is 13.1 Å². The van der Waals surface area contributed by atoms with E-state index in [1.54, 1.807) is 9.21 Å². The first-order valence-electron chi connectivity index (χ1n) is 8.83. The number of carbonyl (C=O) groups excluding carboxylic acids is 1. The highest BCUT2D eigenvalue weighted by molar-refractivity contribution is 7.89. The second-order valence-electron chi connectivity index (χ2n) is 7.30. The van der Waals surface area contributed by atoms with E-state index in [1.807, 2.05) is 20.8 Å². The number of aromatic nitrogens is 1. The van der Waals surface area contributed by atoms with Crippen molar-refractivity contribution in [3.8, 4) is 0 Å². The summed E-state index contributed by atoms with van der Waals surface area (Å²) in [6.45, 7) is 7.53. The van der Waals surface area contributed by atoms with Crippen molar-refractivity contribution in [3.05, 3.63) is 18.0 Å². The molecule has 1 atom stereocenters. The van der Waals surface area contributed by atoms with Gasteiger partial charge in [0.15, 0.2) is 0 Å². The number of nitrogens with zero attached hydrogens (tertiary/aromatic N) is 2. The largest absolute Gasteiger partial charge is 0.356 e. The molecule has 2 fully saturated rings. The molecule has 2 heterocycles. The number of H-pyrrole nitrogens is 1. The van der Waals surface area contributed by atoms with E-state index in [-0.39, 0.29) is 28.8 Å². The summed E-state index contributed by atoms with van der Waals surface area (Å²) in [4.78, 5) is 17.3. The van der Waals surface area contributed by atoms with Crippen molar-refractivity contribution in [3.63, 3.8) is 0 Å². The van der Waals surface area contributed by atoms with Crippen LogP contribution in [0.5, 0.6) is 0 Å². The van der Waals surface area contributed by atoms with Gasteiger partial charge in [-0.15, -0.1) is 0 Å². The van der Waals surface area contributed by atoms with Crippen LogP contribution in [0.15, 0.2) is 17.2 Å². The Bertz CT molecular complexity index is 700. The van der Waals surface area contributed by atoms with E-state index < -0.39 is 10.0 Å². The van der Waals surface area contributed by atoms with Gasteiger partial charge in [0.2, 0.25) is 10.0 Å². The standard InChI is InChI=1S/C17H27N3O3S/c1-12(2)13(3)20(14-6-7-14)24(22,23)15-10-16(18-11-15)17(21)19-8-4-5-9-19/h10-14,18H,4-9H2,1-3H3. The Balaban J connectivity index is 1.85. The Morgan fingerprint density at radius 3 is 2.42 bits per heavy atom. The predicted molar refractivity (Wildman–Crippen MR) is 92.3 cm³/mol. The van der Waals surface area contributed by atoms with Gasteiger partial charge in [0.1, 0.15) is 10.6 Å². The molecular formula is C17H27N3O3S. The van der Waals surface area contributed by atoms with Crippen LogP contribution in [0.4, 0.5) is 0 Å². The van der Waals surface area contributed by atoms with Crippen molar-refractivity contribution in [1.82, 2.24) is 14.2 Å². The van der Waals surface area contributed by atoms with Gasteiger partial charge >= 0.3 is 0 Å². The van der Waals surface area contributed by atoms with Gasteiger partial charge in [-0.25, -0.2) is 8.42 Å². The van der Waals surface area contributed by atoms with Gasteiger partial charge in [-0.2, -0.15) is 4.31 Å². The van der Waals surface area contributed by atoms with Crippen molar-refractivity contribution >= 4 is 15.9 Å². The van der Waals surface area contributed by atoms with Crippen LogP contribution in [-0.2, 0) is 10.0 Å². The molecule has 1 aliphatic carbocycles. The minimum atomic E-state index is -3.59. The van der Waals surface area contributed by atoms with E-state index in [1.165, 1.54) is 12.3 Å². The fourth-order valence-corrected chi connectivity index (χ4v) is 5.23.